The Balaban J connectivity index is 1.70. The number of nitrogens with zero attached hydrogens (tertiary/aromatic N) is 5. The van der Waals surface area contributed by atoms with Gasteiger partial charge in [0.25, 0.3) is 0 Å². The highest BCUT2D eigenvalue weighted by atomic mass is 19.1. The van der Waals surface area contributed by atoms with E-state index in [0.717, 1.165) is 11.1 Å². The summed E-state index contributed by atoms with van der Waals surface area (Å²) in [4.78, 5) is 17.4. The fraction of sp³-hybridized carbons (Fsp3) is 0.0870. The number of nitrogens with one attached hydrogen (secondary N) is 2. The number of anilines is 3. The number of aromatic nitrogens is 4. The summed E-state index contributed by atoms with van der Waals surface area (Å²) in [6.07, 6.45) is 4.75. The summed E-state index contributed by atoms with van der Waals surface area (Å²) in [5.74, 6) is 1.14. The molecule has 4 rings (SSSR count). The molecule has 4 aromatic rings. The zero-order chi connectivity index (χ0) is 21.6. The second-order valence-corrected chi connectivity index (χ2v) is 6.79. The van der Waals surface area contributed by atoms with Gasteiger partial charge in [0.2, 0.25) is 5.95 Å². The largest absolute Gasteiger partial charge is 0.348 e. The molecule has 1 atom stereocenters. The van der Waals surface area contributed by atoms with Crippen LogP contribution >= 0.6 is 0 Å². The summed E-state index contributed by atoms with van der Waals surface area (Å²) in [5.41, 5.74) is 2.84. The lowest BCUT2D eigenvalue weighted by atomic mass is 10.1. The van der Waals surface area contributed by atoms with Crippen LogP contribution in [-0.4, -0.2) is 19.9 Å². The van der Waals surface area contributed by atoms with Gasteiger partial charge in [-0.05, 0) is 36.8 Å². The molecule has 0 unspecified atom stereocenters. The lowest BCUT2D eigenvalue weighted by molar-refractivity contribution is 0.626. The van der Waals surface area contributed by atoms with Gasteiger partial charge >= 0.3 is 0 Å². The lowest BCUT2D eigenvalue weighted by Crippen LogP contribution is -2.11. The maximum absolute atomic E-state index is 13.3. The predicted molar refractivity (Wildman–Crippen MR) is 116 cm³/mol. The smallest absolute Gasteiger partial charge is 0.225 e. The van der Waals surface area contributed by atoms with E-state index >= 15 is 0 Å². The van der Waals surface area contributed by atoms with Crippen molar-refractivity contribution in [2.45, 2.75) is 13.0 Å². The molecule has 0 spiro atoms. The SMILES string of the molecule is C[C@H](Nc1nc(Nc2cnccn2)cc(-c2cccc(C#N)c2)n1)c1ccc(F)cc1. The van der Waals surface area contributed by atoms with Crippen LogP contribution in [0.1, 0.15) is 24.1 Å². The van der Waals surface area contributed by atoms with Gasteiger partial charge in [-0.2, -0.15) is 10.2 Å². The maximum atomic E-state index is 13.3. The molecule has 0 fully saturated rings. The molecule has 0 radical (unpaired) electrons. The van der Waals surface area contributed by atoms with Gasteiger partial charge in [0, 0.05) is 24.0 Å². The van der Waals surface area contributed by atoms with E-state index in [1.54, 1.807) is 55.0 Å². The quantitative estimate of drug-likeness (QED) is 0.467. The number of hydrogen-bond acceptors (Lipinski definition) is 7. The topological polar surface area (TPSA) is 99.4 Å². The van der Waals surface area contributed by atoms with Crippen molar-refractivity contribution in [1.29, 1.82) is 5.26 Å². The van der Waals surface area contributed by atoms with Crippen LogP contribution in [0.4, 0.5) is 22.0 Å². The monoisotopic (exact) mass is 411 g/mol. The van der Waals surface area contributed by atoms with Crippen LogP contribution in [0.25, 0.3) is 11.3 Å². The first-order valence-electron chi connectivity index (χ1n) is 9.55. The van der Waals surface area contributed by atoms with Crippen molar-refractivity contribution in [3.63, 3.8) is 0 Å². The van der Waals surface area contributed by atoms with Crippen molar-refractivity contribution >= 4 is 17.6 Å². The minimum atomic E-state index is -0.290. The highest BCUT2D eigenvalue weighted by molar-refractivity contribution is 5.67. The molecular weight excluding hydrogens is 393 g/mol. The van der Waals surface area contributed by atoms with Gasteiger partial charge in [0.05, 0.1) is 29.6 Å². The first-order valence-corrected chi connectivity index (χ1v) is 9.55. The molecular formula is C23H18FN7. The fourth-order valence-electron chi connectivity index (χ4n) is 3.00. The van der Waals surface area contributed by atoms with E-state index < -0.39 is 0 Å². The van der Waals surface area contributed by atoms with Crippen molar-refractivity contribution < 1.29 is 4.39 Å². The maximum Gasteiger partial charge on any atom is 0.225 e. The van der Waals surface area contributed by atoms with Crippen molar-refractivity contribution in [2.75, 3.05) is 10.6 Å². The third kappa shape index (κ3) is 4.97. The van der Waals surface area contributed by atoms with E-state index in [-0.39, 0.29) is 11.9 Å². The zero-order valence-corrected chi connectivity index (χ0v) is 16.6. The Bertz CT molecular complexity index is 1220. The molecule has 2 aromatic heterocycles. The van der Waals surface area contributed by atoms with Crippen LogP contribution in [0.15, 0.2) is 73.2 Å². The first-order chi connectivity index (χ1) is 15.1. The Labute approximate surface area is 178 Å². The number of halogens is 1. The normalized spacial score (nSPS) is 11.4. The number of benzene rings is 2. The number of hydrogen-bond donors (Lipinski definition) is 2. The molecule has 0 aliphatic carbocycles. The van der Waals surface area contributed by atoms with Crippen molar-refractivity contribution in [3.8, 4) is 17.3 Å². The van der Waals surface area contributed by atoms with Crippen LogP contribution in [-0.2, 0) is 0 Å². The van der Waals surface area contributed by atoms with Crippen LogP contribution in [0.3, 0.4) is 0 Å². The first kappa shape index (κ1) is 19.9. The molecule has 8 heteroatoms. The third-order valence-corrected chi connectivity index (χ3v) is 4.55. The molecule has 0 bridgehead atoms. The molecule has 2 N–H and O–H groups in total. The Morgan fingerprint density at radius 2 is 1.84 bits per heavy atom. The van der Waals surface area contributed by atoms with E-state index in [4.69, 9.17) is 0 Å². The average molecular weight is 411 g/mol. The van der Waals surface area contributed by atoms with E-state index in [1.807, 2.05) is 13.0 Å². The van der Waals surface area contributed by atoms with E-state index in [9.17, 15) is 9.65 Å². The Hall–Kier alpha value is -4.38. The molecule has 2 heterocycles. The van der Waals surface area contributed by atoms with Gasteiger partial charge in [-0.3, -0.25) is 4.98 Å². The molecule has 7 nitrogen and oxygen atoms in total. The highest BCUT2D eigenvalue weighted by Gasteiger charge is 2.12. The minimum absolute atomic E-state index is 0.161. The summed E-state index contributed by atoms with van der Waals surface area (Å²) < 4.78 is 13.3. The highest BCUT2D eigenvalue weighted by Crippen LogP contribution is 2.25. The van der Waals surface area contributed by atoms with Crippen molar-refractivity contribution in [1.82, 2.24) is 19.9 Å². The molecule has 152 valence electrons. The summed E-state index contributed by atoms with van der Waals surface area (Å²) in [5, 5.41) is 15.6. The Kier molecular flexibility index (Phi) is 5.76. The molecule has 0 amide bonds. The Morgan fingerprint density at radius 3 is 2.58 bits per heavy atom. The van der Waals surface area contributed by atoms with Gasteiger partial charge in [0.1, 0.15) is 17.5 Å². The van der Waals surface area contributed by atoms with E-state index in [1.165, 1.54) is 12.1 Å². The lowest BCUT2D eigenvalue weighted by Gasteiger charge is -2.16. The van der Waals surface area contributed by atoms with Gasteiger partial charge in [-0.1, -0.05) is 24.3 Å². The molecule has 0 aliphatic heterocycles. The van der Waals surface area contributed by atoms with Crippen LogP contribution < -0.4 is 10.6 Å². The molecule has 0 saturated carbocycles. The minimum Gasteiger partial charge on any atom is -0.348 e. The van der Waals surface area contributed by atoms with Gasteiger partial charge < -0.3 is 10.6 Å². The molecule has 0 saturated heterocycles. The molecule has 0 aliphatic rings. The van der Waals surface area contributed by atoms with Crippen LogP contribution in [0, 0.1) is 17.1 Å². The fourth-order valence-corrected chi connectivity index (χ4v) is 3.00. The standard InChI is InChI=1S/C23H18FN7/c1-15(17-5-7-19(24)8-6-17)28-23-29-20(18-4-2-3-16(11-18)13-25)12-21(31-23)30-22-14-26-9-10-27-22/h2-12,14-15H,1H3,(H2,27,28,29,30,31)/t15-/m0/s1. The Morgan fingerprint density at radius 1 is 1.00 bits per heavy atom. The van der Waals surface area contributed by atoms with Crippen molar-refractivity contribution in [3.05, 3.63) is 90.1 Å². The summed E-state index contributed by atoms with van der Waals surface area (Å²) in [6, 6.07) is 17.2. The third-order valence-electron chi connectivity index (χ3n) is 4.55. The average Bonchev–Trinajstić information content (AvgIpc) is 2.80. The van der Waals surface area contributed by atoms with Gasteiger partial charge in [0.15, 0.2) is 0 Å². The second-order valence-electron chi connectivity index (χ2n) is 6.79. The van der Waals surface area contributed by atoms with Gasteiger partial charge in [-0.25, -0.2) is 14.4 Å². The molecule has 31 heavy (non-hydrogen) atoms. The zero-order valence-electron chi connectivity index (χ0n) is 16.6. The molecule has 2 aromatic carbocycles. The number of nitriles is 1. The van der Waals surface area contributed by atoms with Gasteiger partial charge in [-0.15, -0.1) is 0 Å². The van der Waals surface area contributed by atoms with Crippen LogP contribution in [0.5, 0.6) is 0 Å². The predicted octanol–water partition coefficient (Wildman–Crippen LogP) is 4.86. The van der Waals surface area contributed by atoms with Crippen molar-refractivity contribution in [2.24, 2.45) is 0 Å². The summed E-state index contributed by atoms with van der Waals surface area (Å²) >= 11 is 0. The summed E-state index contributed by atoms with van der Waals surface area (Å²) in [6.45, 7) is 1.94. The van der Waals surface area contributed by atoms with Crippen LogP contribution in [0.2, 0.25) is 0 Å². The summed E-state index contributed by atoms with van der Waals surface area (Å²) in [7, 11) is 0. The van der Waals surface area contributed by atoms with E-state index in [0.29, 0.717) is 28.8 Å². The second kappa shape index (κ2) is 8.97. The van der Waals surface area contributed by atoms with E-state index in [2.05, 4.69) is 36.6 Å². The number of rotatable bonds is 6.